The lowest BCUT2D eigenvalue weighted by molar-refractivity contribution is -0.122. The minimum atomic E-state index is -0.920. The number of aliphatic hydroxyl groups is 1. The summed E-state index contributed by atoms with van der Waals surface area (Å²) in [6.07, 6.45) is 1.22. The van der Waals surface area contributed by atoms with Gasteiger partial charge < -0.3 is 19.7 Å². The van der Waals surface area contributed by atoms with Crippen LogP contribution in [-0.2, 0) is 16.0 Å². The lowest BCUT2D eigenvalue weighted by atomic mass is 10.0. The molecule has 1 aliphatic heterocycles. The summed E-state index contributed by atoms with van der Waals surface area (Å²) in [5.41, 5.74) is -0.920. The zero-order chi connectivity index (χ0) is 13.0. The van der Waals surface area contributed by atoms with Crippen molar-refractivity contribution in [1.29, 1.82) is 0 Å². The summed E-state index contributed by atoms with van der Waals surface area (Å²) in [6.45, 7) is 2.75. The van der Waals surface area contributed by atoms with Crippen molar-refractivity contribution < 1.29 is 19.2 Å². The van der Waals surface area contributed by atoms with Gasteiger partial charge in [-0.25, -0.2) is 0 Å². The summed E-state index contributed by atoms with van der Waals surface area (Å²) in [6, 6.07) is 0. The highest BCUT2D eigenvalue weighted by Gasteiger charge is 2.32. The van der Waals surface area contributed by atoms with Gasteiger partial charge in [-0.15, -0.1) is 0 Å². The van der Waals surface area contributed by atoms with E-state index in [0.29, 0.717) is 31.2 Å². The van der Waals surface area contributed by atoms with E-state index in [4.69, 9.17) is 9.26 Å². The standard InChI is InChI=1S/C11H17N3O4/c1-8-13-10(18-14-8)3-2-9(15)12-6-11(16)4-5-17-7-11/h16H,2-7H2,1H3,(H,12,15). The fraction of sp³-hybridized carbons (Fsp3) is 0.727. The van der Waals surface area contributed by atoms with Crippen molar-refractivity contribution in [3.05, 3.63) is 11.7 Å². The number of amides is 1. The van der Waals surface area contributed by atoms with Crippen LogP contribution in [0.5, 0.6) is 0 Å². The monoisotopic (exact) mass is 255 g/mol. The second kappa shape index (κ2) is 5.45. The van der Waals surface area contributed by atoms with E-state index in [1.807, 2.05) is 0 Å². The Morgan fingerprint density at radius 1 is 1.61 bits per heavy atom. The topological polar surface area (TPSA) is 97.5 Å². The average molecular weight is 255 g/mol. The maximum atomic E-state index is 11.6. The van der Waals surface area contributed by atoms with E-state index in [9.17, 15) is 9.90 Å². The summed E-state index contributed by atoms with van der Waals surface area (Å²) in [4.78, 5) is 15.6. The van der Waals surface area contributed by atoms with Crippen LogP contribution in [-0.4, -0.2) is 46.5 Å². The number of rotatable bonds is 5. The number of ether oxygens (including phenoxy) is 1. The molecule has 1 atom stereocenters. The molecule has 1 aromatic heterocycles. The highest BCUT2D eigenvalue weighted by atomic mass is 16.5. The molecule has 0 bridgehead atoms. The third kappa shape index (κ3) is 3.51. The molecule has 100 valence electrons. The van der Waals surface area contributed by atoms with Gasteiger partial charge in [-0.3, -0.25) is 4.79 Å². The zero-order valence-corrected chi connectivity index (χ0v) is 10.3. The van der Waals surface area contributed by atoms with Gasteiger partial charge in [-0.05, 0) is 6.92 Å². The predicted octanol–water partition coefficient (Wildman–Crippen LogP) is -0.422. The average Bonchev–Trinajstić information content (AvgIpc) is 2.94. The lowest BCUT2D eigenvalue weighted by Crippen LogP contribution is -2.43. The van der Waals surface area contributed by atoms with E-state index in [1.165, 1.54) is 0 Å². The van der Waals surface area contributed by atoms with Crippen LogP contribution in [0.1, 0.15) is 24.6 Å². The van der Waals surface area contributed by atoms with Crippen LogP contribution < -0.4 is 5.32 Å². The van der Waals surface area contributed by atoms with Gasteiger partial charge in [0.1, 0.15) is 5.60 Å². The van der Waals surface area contributed by atoms with Gasteiger partial charge in [0.25, 0.3) is 0 Å². The van der Waals surface area contributed by atoms with Crippen molar-refractivity contribution in [3.63, 3.8) is 0 Å². The van der Waals surface area contributed by atoms with E-state index in [-0.39, 0.29) is 25.5 Å². The predicted molar refractivity (Wildman–Crippen MR) is 60.8 cm³/mol. The molecule has 1 aromatic rings. The number of nitrogens with one attached hydrogen (secondary N) is 1. The number of nitrogens with zero attached hydrogens (tertiary/aromatic N) is 2. The first-order valence-corrected chi connectivity index (χ1v) is 5.93. The fourth-order valence-electron chi connectivity index (χ4n) is 1.75. The van der Waals surface area contributed by atoms with E-state index in [0.717, 1.165) is 0 Å². The van der Waals surface area contributed by atoms with E-state index >= 15 is 0 Å². The first kappa shape index (κ1) is 13.0. The molecule has 0 aromatic carbocycles. The van der Waals surface area contributed by atoms with Crippen molar-refractivity contribution in [2.24, 2.45) is 0 Å². The summed E-state index contributed by atoms with van der Waals surface area (Å²) in [5, 5.41) is 16.3. The van der Waals surface area contributed by atoms with Crippen molar-refractivity contribution in [2.45, 2.75) is 31.8 Å². The fourth-order valence-corrected chi connectivity index (χ4v) is 1.75. The Balaban J connectivity index is 1.69. The molecular formula is C11H17N3O4. The van der Waals surface area contributed by atoms with Crippen LogP contribution >= 0.6 is 0 Å². The molecule has 2 N–H and O–H groups in total. The second-order valence-corrected chi connectivity index (χ2v) is 4.54. The van der Waals surface area contributed by atoms with Crippen LogP contribution in [0.25, 0.3) is 0 Å². The molecule has 1 aliphatic rings. The quantitative estimate of drug-likeness (QED) is 0.741. The maximum Gasteiger partial charge on any atom is 0.227 e. The highest BCUT2D eigenvalue weighted by molar-refractivity contribution is 5.76. The minimum absolute atomic E-state index is 0.147. The van der Waals surface area contributed by atoms with Gasteiger partial charge in [0.05, 0.1) is 6.61 Å². The molecule has 0 aliphatic carbocycles. The number of carbonyl (C=O) groups excluding carboxylic acids is 1. The summed E-state index contributed by atoms with van der Waals surface area (Å²) >= 11 is 0. The van der Waals surface area contributed by atoms with Crippen LogP contribution in [0.3, 0.4) is 0 Å². The first-order chi connectivity index (χ1) is 8.57. The molecule has 0 saturated carbocycles. The van der Waals surface area contributed by atoms with Crippen molar-refractivity contribution in [2.75, 3.05) is 19.8 Å². The van der Waals surface area contributed by atoms with E-state index in [1.54, 1.807) is 6.92 Å². The lowest BCUT2D eigenvalue weighted by Gasteiger charge is -2.20. The summed E-state index contributed by atoms with van der Waals surface area (Å²) in [5.74, 6) is 0.861. The van der Waals surface area contributed by atoms with Gasteiger partial charge in [0.15, 0.2) is 5.82 Å². The SMILES string of the molecule is Cc1noc(CCC(=O)NCC2(O)CCOC2)n1. The normalized spacial score (nSPS) is 23.2. The Labute approximate surface area is 105 Å². The Kier molecular flexibility index (Phi) is 3.93. The maximum absolute atomic E-state index is 11.6. The zero-order valence-electron chi connectivity index (χ0n) is 10.3. The molecule has 1 amide bonds. The molecule has 1 fully saturated rings. The van der Waals surface area contributed by atoms with Crippen LogP contribution in [0.2, 0.25) is 0 Å². The molecule has 0 radical (unpaired) electrons. The molecule has 7 nitrogen and oxygen atoms in total. The van der Waals surface area contributed by atoms with Crippen molar-refractivity contribution in [1.82, 2.24) is 15.5 Å². The molecule has 0 spiro atoms. The molecule has 7 heteroatoms. The van der Waals surface area contributed by atoms with Crippen LogP contribution in [0.15, 0.2) is 4.52 Å². The molecule has 1 saturated heterocycles. The molecule has 1 unspecified atom stereocenters. The largest absolute Gasteiger partial charge is 0.386 e. The number of aryl methyl sites for hydroxylation is 2. The third-order valence-electron chi connectivity index (χ3n) is 2.83. The smallest absolute Gasteiger partial charge is 0.227 e. The Hall–Kier alpha value is -1.47. The van der Waals surface area contributed by atoms with Gasteiger partial charge in [-0.2, -0.15) is 4.98 Å². The number of carbonyl (C=O) groups is 1. The molecular weight excluding hydrogens is 238 g/mol. The first-order valence-electron chi connectivity index (χ1n) is 5.93. The summed E-state index contributed by atoms with van der Waals surface area (Å²) < 4.78 is 9.99. The van der Waals surface area contributed by atoms with Gasteiger partial charge >= 0.3 is 0 Å². The van der Waals surface area contributed by atoms with Crippen LogP contribution in [0, 0.1) is 6.92 Å². The highest BCUT2D eigenvalue weighted by Crippen LogP contribution is 2.16. The van der Waals surface area contributed by atoms with Gasteiger partial charge in [-0.1, -0.05) is 5.16 Å². The molecule has 2 rings (SSSR count). The minimum Gasteiger partial charge on any atom is -0.386 e. The van der Waals surface area contributed by atoms with E-state index in [2.05, 4.69) is 15.5 Å². The second-order valence-electron chi connectivity index (χ2n) is 4.54. The summed E-state index contributed by atoms with van der Waals surface area (Å²) in [7, 11) is 0. The Morgan fingerprint density at radius 3 is 3.06 bits per heavy atom. The van der Waals surface area contributed by atoms with Crippen molar-refractivity contribution >= 4 is 5.91 Å². The van der Waals surface area contributed by atoms with E-state index < -0.39 is 5.60 Å². The number of hydrogen-bond donors (Lipinski definition) is 2. The molecule has 18 heavy (non-hydrogen) atoms. The Bertz CT molecular complexity index is 412. The van der Waals surface area contributed by atoms with Gasteiger partial charge in [0, 0.05) is 32.4 Å². The van der Waals surface area contributed by atoms with Crippen molar-refractivity contribution in [3.8, 4) is 0 Å². The third-order valence-corrected chi connectivity index (χ3v) is 2.83. The number of aromatic nitrogens is 2. The molecule has 2 heterocycles. The Morgan fingerprint density at radius 2 is 2.44 bits per heavy atom. The van der Waals surface area contributed by atoms with Gasteiger partial charge in [0.2, 0.25) is 11.8 Å². The number of hydrogen-bond acceptors (Lipinski definition) is 6. The van der Waals surface area contributed by atoms with Crippen LogP contribution in [0.4, 0.5) is 0 Å².